The third-order valence-electron chi connectivity index (χ3n) is 3.22. The third-order valence-corrected chi connectivity index (χ3v) is 3.22. The molecule has 0 unspecified atom stereocenters. The van der Waals surface area contributed by atoms with Crippen LogP contribution in [0.3, 0.4) is 0 Å². The summed E-state index contributed by atoms with van der Waals surface area (Å²) in [5.41, 5.74) is 2.50. The number of nitrogens with zero attached hydrogens (tertiary/aromatic N) is 5. The van der Waals surface area contributed by atoms with Gasteiger partial charge in [0.15, 0.2) is 5.65 Å². The smallest absolute Gasteiger partial charge is 0.249 e. The zero-order valence-corrected chi connectivity index (χ0v) is 12.1. The normalized spacial score (nSPS) is 11.2. The van der Waals surface area contributed by atoms with Crippen molar-refractivity contribution >= 4 is 17.5 Å². The van der Waals surface area contributed by atoms with Crippen LogP contribution in [0.4, 0.5) is 5.95 Å². The SMILES string of the molecule is Cc1c(-n2cccn2)ccc2nc(NC(=O)C(C)C)nn12. The molecule has 0 spiro atoms. The highest BCUT2D eigenvalue weighted by Gasteiger charge is 2.13. The van der Waals surface area contributed by atoms with Gasteiger partial charge in [0.1, 0.15) is 0 Å². The Morgan fingerprint density at radius 1 is 1.33 bits per heavy atom. The van der Waals surface area contributed by atoms with E-state index in [9.17, 15) is 4.79 Å². The van der Waals surface area contributed by atoms with Crippen molar-refractivity contribution < 1.29 is 4.79 Å². The Bertz CT molecular complexity index is 787. The number of pyridine rings is 1. The van der Waals surface area contributed by atoms with Gasteiger partial charge in [0.25, 0.3) is 0 Å². The van der Waals surface area contributed by atoms with Crippen molar-refractivity contribution in [2.24, 2.45) is 5.92 Å². The number of rotatable bonds is 3. The first-order chi connectivity index (χ1) is 10.1. The fourth-order valence-corrected chi connectivity index (χ4v) is 2.02. The second-order valence-corrected chi connectivity index (χ2v) is 5.10. The Kier molecular flexibility index (Phi) is 3.17. The van der Waals surface area contributed by atoms with Gasteiger partial charge in [0.05, 0.1) is 11.4 Å². The number of hydrogen-bond donors (Lipinski definition) is 1. The van der Waals surface area contributed by atoms with Crippen molar-refractivity contribution in [3.05, 3.63) is 36.3 Å². The largest absolute Gasteiger partial charge is 0.293 e. The van der Waals surface area contributed by atoms with Gasteiger partial charge in [0.2, 0.25) is 11.9 Å². The van der Waals surface area contributed by atoms with Gasteiger partial charge in [-0.25, -0.2) is 9.20 Å². The molecule has 0 aromatic carbocycles. The van der Waals surface area contributed by atoms with E-state index in [1.807, 2.05) is 45.2 Å². The number of amides is 1. The van der Waals surface area contributed by atoms with Gasteiger partial charge < -0.3 is 0 Å². The number of carbonyl (C=O) groups excluding carboxylic acids is 1. The van der Waals surface area contributed by atoms with E-state index in [1.165, 1.54) is 0 Å². The highest BCUT2D eigenvalue weighted by Crippen LogP contribution is 2.16. The van der Waals surface area contributed by atoms with E-state index in [1.54, 1.807) is 15.4 Å². The molecule has 21 heavy (non-hydrogen) atoms. The minimum absolute atomic E-state index is 0.101. The van der Waals surface area contributed by atoms with Crippen LogP contribution in [0.5, 0.6) is 0 Å². The fourth-order valence-electron chi connectivity index (χ4n) is 2.02. The number of fused-ring (bicyclic) bond motifs is 1. The van der Waals surface area contributed by atoms with Crippen LogP contribution in [0.1, 0.15) is 19.5 Å². The summed E-state index contributed by atoms with van der Waals surface area (Å²) in [6.45, 7) is 5.59. The molecular formula is C14H16N6O. The molecule has 3 heterocycles. The monoisotopic (exact) mass is 284 g/mol. The summed E-state index contributed by atoms with van der Waals surface area (Å²) >= 11 is 0. The van der Waals surface area contributed by atoms with Crippen molar-refractivity contribution in [1.82, 2.24) is 24.4 Å². The second-order valence-electron chi connectivity index (χ2n) is 5.10. The molecule has 3 rings (SSSR count). The van der Waals surface area contributed by atoms with E-state index in [4.69, 9.17) is 0 Å². The van der Waals surface area contributed by atoms with Crippen LogP contribution in [0.15, 0.2) is 30.6 Å². The number of nitrogens with one attached hydrogen (secondary N) is 1. The van der Waals surface area contributed by atoms with Crippen LogP contribution in [-0.2, 0) is 4.79 Å². The topological polar surface area (TPSA) is 77.1 Å². The fraction of sp³-hybridized carbons (Fsp3) is 0.286. The Hall–Kier alpha value is -2.70. The quantitative estimate of drug-likeness (QED) is 0.796. The Labute approximate surface area is 121 Å². The summed E-state index contributed by atoms with van der Waals surface area (Å²) < 4.78 is 3.47. The van der Waals surface area contributed by atoms with Crippen LogP contribution >= 0.6 is 0 Å². The average molecular weight is 284 g/mol. The number of carbonyl (C=O) groups is 1. The van der Waals surface area contributed by atoms with Crippen molar-refractivity contribution in [2.45, 2.75) is 20.8 Å². The number of aryl methyl sites for hydroxylation is 1. The molecule has 108 valence electrons. The maximum atomic E-state index is 11.7. The molecular weight excluding hydrogens is 268 g/mol. The first kappa shape index (κ1) is 13.3. The van der Waals surface area contributed by atoms with Crippen molar-refractivity contribution in [1.29, 1.82) is 0 Å². The maximum absolute atomic E-state index is 11.7. The third kappa shape index (κ3) is 2.37. The lowest BCUT2D eigenvalue weighted by Gasteiger charge is -2.06. The molecule has 0 bridgehead atoms. The molecule has 1 N–H and O–H groups in total. The van der Waals surface area contributed by atoms with Gasteiger partial charge in [-0.2, -0.15) is 10.1 Å². The molecule has 0 radical (unpaired) electrons. The molecule has 0 saturated heterocycles. The lowest BCUT2D eigenvalue weighted by molar-refractivity contribution is -0.118. The Balaban J connectivity index is 2.02. The van der Waals surface area contributed by atoms with Crippen LogP contribution in [0.2, 0.25) is 0 Å². The Morgan fingerprint density at radius 3 is 2.81 bits per heavy atom. The molecule has 0 aliphatic rings. The van der Waals surface area contributed by atoms with Gasteiger partial charge in [0, 0.05) is 18.3 Å². The van der Waals surface area contributed by atoms with E-state index in [0.717, 1.165) is 11.4 Å². The first-order valence-electron chi connectivity index (χ1n) is 6.73. The molecule has 3 aromatic heterocycles. The standard InChI is InChI=1S/C14H16N6O/c1-9(2)13(21)17-14-16-12-6-5-11(10(3)20(12)18-14)19-8-4-7-15-19/h4-9H,1-3H3,(H,17,18,21). The molecule has 7 heteroatoms. The van der Waals surface area contributed by atoms with E-state index in [-0.39, 0.29) is 11.8 Å². The molecule has 0 aliphatic heterocycles. The predicted molar refractivity (Wildman–Crippen MR) is 78.3 cm³/mol. The number of aromatic nitrogens is 5. The summed E-state index contributed by atoms with van der Waals surface area (Å²) in [5.74, 6) is 0.0996. The molecule has 0 atom stereocenters. The van der Waals surface area contributed by atoms with Gasteiger partial charge in [-0.05, 0) is 25.1 Å². The Morgan fingerprint density at radius 2 is 2.14 bits per heavy atom. The zero-order chi connectivity index (χ0) is 15.0. The van der Waals surface area contributed by atoms with Crippen LogP contribution in [0.25, 0.3) is 11.3 Å². The van der Waals surface area contributed by atoms with Gasteiger partial charge in [-0.15, -0.1) is 5.10 Å². The van der Waals surface area contributed by atoms with Crippen molar-refractivity contribution in [2.75, 3.05) is 5.32 Å². The number of anilines is 1. The van der Waals surface area contributed by atoms with Crippen LogP contribution in [-0.4, -0.2) is 30.3 Å². The molecule has 0 fully saturated rings. The van der Waals surface area contributed by atoms with Gasteiger partial charge in [-0.3, -0.25) is 10.1 Å². The summed E-state index contributed by atoms with van der Waals surface area (Å²) in [5, 5.41) is 11.3. The second kappa shape index (κ2) is 5.01. The van der Waals surface area contributed by atoms with Crippen molar-refractivity contribution in [3.8, 4) is 5.69 Å². The zero-order valence-electron chi connectivity index (χ0n) is 12.1. The minimum Gasteiger partial charge on any atom is -0.293 e. The summed E-state index contributed by atoms with van der Waals surface area (Å²) in [6, 6.07) is 5.64. The summed E-state index contributed by atoms with van der Waals surface area (Å²) in [4.78, 5) is 16.0. The lowest BCUT2D eigenvalue weighted by Crippen LogP contribution is -2.18. The van der Waals surface area contributed by atoms with E-state index >= 15 is 0 Å². The van der Waals surface area contributed by atoms with E-state index < -0.39 is 0 Å². The highest BCUT2D eigenvalue weighted by atomic mass is 16.2. The van der Waals surface area contributed by atoms with Gasteiger partial charge in [-0.1, -0.05) is 13.8 Å². The van der Waals surface area contributed by atoms with Crippen molar-refractivity contribution in [3.63, 3.8) is 0 Å². The maximum Gasteiger partial charge on any atom is 0.249 e. The molecule has 0 saturated carbocycles. The minimum atomic E-state index is -0.114. The number of hydrogen-bond acceptors (Lipinski definition) is 4. The van der Waals surface area contributed by atoms with E-state index in [2.05, 4.69) is 20.5 Å². The average Bonchev–Trinajstić information content (AvgIpc) is 3.08. The predicted octanol–water partition coefficient (Wildman–Crippen LogP) is 1.82. The highest BCUT2D eigenvalue weighted by molar-refractivity contribution is 5.90. The summed E-state index contributed by atoms with van der Waals surface area (Å²) in [6.07, 6.45) is 3.59. The molecule has 1 amide bonds. The van der Waals surface area contributed by atoms with E-state index in [0.29, 0.717) is 11.6 Å². The summed E-state index contributed by atoms with van der Waals surface area (Å²) in [7, 11) is 0. The lowest BCUT2D eigenvalue weighted by atomic mass is 10.2. The molecule has 7 nitrogen and oxygen atoms in total. The molecule has 0 aliphatic carbocycles. The van der Waals surface area contributed by atoms with Crippen LogP contribution < -0.4 is 5.32 Å². The first-order valence-corrected chi connectivity index (χ1v) is 6.73. The van der Waals surface area contributed by atoms with Crippen LogP contribution in [0, 0.1) is 12.8 Å². The molecule has 3 aromatic rings. The van der Waals surface area contributed by atoms with Gasteiger partial charge >= 0.3 is 0 Å².